The average molecular weight is 430 g/mol. The van der Waals surface area contributed by atoms with Gasteiger partial charge in [0, 0.05) is 39.8 Å². The number of carbonyl (C=O) groups is 1. The maximum Gasteiger partial charge on any atom is 0.407 e. The van der Waals surface area contributed by atoms with Crippen molar-refractivity contribution in [3.8, 4) is 6.07 Å². The zero-order chi connectivity index (χ0) is 22.7. The van der Waals surface area contributed by atoms with Crippen LogP contribution in [-0.4, -0.2) is 61.9 Å². The Hall–Kier alpha value is -2.79. The predicted octanol–water partition coefficient (Wildman–Crippen LogP) is 3.03. The molecule has 2 rings (SSSR count). The fourth-order valence-corrected chi connectivity index (χ4v) is 3.27. The van der Waals surface area contributed by atoms with Crippen molar-refractivity contribution in [2.45, 2.75) is 58.3 Å². The molecule has 0 radical (unpaired) electrons. The maximum absolute atomic E-state index is 11.6. The Bertz CT molecular complexity index is 757. The third-order valence-corrected chi connectivity index (χ3v) is 4.83. The minimum Gasteiger partial charge on any atom is -0.444 e. The number of nitrogens with zero attached hydrogens (tertiary/aromatic N) is 3. The van der Waals surface area contributed by atoms with Crippen LogP contribution in [0.5, 0.6) is 0 Å². The zero-order valence-electron chi connectivity index (χ0n) is 19.1. The largest absolute Gasteiger partial charge is 0.444 e. The Balaban J connectivity index is 1.62. The van der Waals surface area contributed by atoms with Gasteiger partial charge in [-0.3, -0.25) is 4.99 Å². The number of nitriles is 1. The van der Waals surface area contributed by atoms with Gasteiger partial charge in [-0.15, -0.1) is 0 Å². The Morgan fingerprint density at radius 3 is 2.48 bits per heavy atom. The summed E-state index contributed by atoms with van der Waals surface area (Å²) < 4.78 is 11.2. The highest BCUT2D eigenvalue weighted by atomic mass is 16.6. The third-order valence-electron chi connectivity index (χ3n) is 4.83. The van der Waals surface area contributed by atoms with Gasteiger partial charge in [0.1, 0.15) is 5.60 Å². The van der Waals surface area contributed by atoms with E-state index in [1.54, 1.807) is 7.05 Å². The van der Waals surface area contributed by atoms with E-state index in [4.69, 9.17) is 14.7 Å². The number of rotatable bonds is 7. The van der Waals surface area contributed by atoms with Crippen molar-refractivity contribution in [2.24, 2.45) is 4.99 Å². The van der Waals surface area contributed by atoms with E-state index < -0.39 is 5.60 Å². The summed E-state index contributed by atoms with van der Waals surface area (Å²) in [6.07, 6.45) is 2.48. The van der Waals surface area contributed by atoms with Crippen LogP contribution in [-0.2, 0) is 16.0 Å². The molecule has 1 aromatic carbocycles. The summed E-state index contributed by atoms with van der Waals surface area (Å²) in [4.78, 5) is 18.3. The number of hydrogen-bond acceptors (Lipinski definition) is 5. The monoisotopic (exact) mass is 429 g/mol. The Labute approximate surface area is 185 Å². The van der Waals surface area contributed by atoms with Gasteiger partial charge in [0.05, 0.1) is 17.7 Å². The molecule has 1 aromatic rings. The van der Waals surface area contributed by atoms with Crippen molar-refractivity contribution in [1.82, 2.24) is 15.5 Å². The number of likely N-dealkylation sites (tertiary alicyclic amines) is 1. The second kappa shape index (κ2) is 12.2. The van der Waals surface area contributed by atoms with E-state index in [0.29, 0.717) is 25.3 Å². The van der Waals surface area contributed by atoms with E-state index in [0.717, 1.165) is 43.9 Å². The van der Waals surface area contributed by atoms with Crippen LogP contribution >= 0.6 is 0 Å². The van der Waals surface area contributed by atoms with Crippen LogP contribution in [0.15, 0.2) is 29.3 Å². The molecule has 1 amide bonds. The summed E-state index contributed by atoms with van der Waals surface area (Å²) in [7, 11) is 1.79. The first-order valence-electron chi connectivity index (χ1n) is 10.8. The highest BCUT2D eigenvalue weighted by Crippen LogP contribution is 2.14. The van der Waals surface area contributed by atoms with E-state index in [1.807, 2.05) is 45.0 Å². The van der Waals surface area contributed by atoms with Crippen LogP contribution in [0.4, 0.5) is 4.79 Å². The lowest BCUT2D eigenvalue weighted by molar-refractivity contribution is 0.0170. The number of alkyl carbamates (subject to hydrolysis) is 1. The first kappa shape index (κ1) is 24.5. The number of amides is 1. The summed E-state index contributed by atoms with van der Waals surface area (Å²) in [5.74, 6) is 0.879. The molecule has 1 aliphatic rings. The number of nitrogens with one attached hydrogen (secondary N) is 2. The molecule has 1 fully saturated rings. The van der Waals surface area contributed by atoms with Gasteiger partial charge < -0.3 is 25.0 Å². The standard InChI is InChI=1S/C23H35N5O3/c1-23(2,3)31-22(29)26-12-5-15-30-20-10-13-28(14-11-20)21(25-4)27-17-19-8-6-18(16-24)7-9-19/h6-9,20H,5,10-15,17H2,1-4H3,(H,25,27)(H,26,29). The Morgan fingerprint density at radius 2 is 1.90 bits per heavy atom. The van der Waals surface area contributed by atoms with Crippen LogP contribution in [0.1, 0.15) is 51.2 Å². The number of ether oxygens (including phenoxy) is 2. The minimum atomic E-state index is -0.480. The van der Waals surface area contributed by atoms with Crippen molar-refractivity contribution in [1.29, 1.82) is 5.26 Å². The van der Waals surface area contributed by atoms with Gasteiger partial charge in [-0.05, 0) is 57.7 Å². The van der Waals surface area contributed by atoms with Crippen molar-refractivity contribution >= 4 is 12.1 Å². The summed E-state index contributed by atoms with van der Waals surface area (Å²) in [5, 5.41) is 15.0. The number of carbonyl (C=O) groups excluding carboxylic acids is 1. The molecular formula is C23H35N5O3. The lowest BCUT2D eigenvalue weighted by Gasteiger charge is -2.34. The molecule has 8 heteroatoms. The molecule has 0 unspecified atom stereocenters. The van der Waals surface area contributed by atoms with Crippen LogP contribution in [0.3, 0.4) is 0 Å². The number of piperidine rings is 1. The molecule has 1 aliphatic heterocycles. The second-order valence-corrected chi connectivity index (χ2v) is 8.55. The van der Waals surface area contributed by atoms with Crippen molar-refractivity contribution < 1.29 is 14.3 Å². The topological polar surface area (TPSA) is 99.0 Å². The molecule has 8 nitrogen and oxygen atoms in total. The quantitative estimate of drug-likeness (QED) is 0.393. The number of hydrogen-bond donors (Lipinski definition) is 2. The van der Waals surface area contributed by atoms with Crippen LogP contribution < -0.4 is 10.6 Å². The summed E-state index contributed by atoms with van der Waals surface area (Å²) in [5.41, 5.74) is 1.29. The summed E-state index contributed by atoms with van der Waals surface area (Å²) in [6.45, 7) is 9.13. The number of aliphatic imine (C=N–C) groups is 1. The molecule has 0 aromatic heterocycles. The molecule has 0 bridgehead atoms. The smallest absolute Gasteiger partial charge is 0.407 e. The normalized spacial score (nSPS) is 15.3. The number of benzene rings is 1. The van der Waals surface area contributed by atoms with Gasteiger partial charge in [-0.25, -0.2) is 4.79 Å². The van der Waals surface area contributed by atoms with Gasteiger partial charge in [-0.1, -0.05) is 12.1 Å². The molecule has 0 atom stereocenters. The van der Waals surface area contributed by atoms with E-state index >= 15 is 0 Å². The molecule has 1 heterocycles. The molecule has 31 heavy (non-hydrogen) atoms. The SMILES string of the molecule is CN=C(NCc1ccc(C#N)cc1)N1CCC(OCCCNC(=O)OC(C)(C)C)CC1. The predicted molar refractivity (Wildman–Crippen MR) is 121 cm³/mol. The molecule has 2 N–H and O–H groups in total. The van der Waals surface area contributed by atoms with E-state index in [9.17, 15) is 4.79 Å². The average Bonchev–Trinajstić information content (AvgIpc) is 2.74. The summed E-state index contributed by atoms with van der Waals surface area (Å²) >= 11 is 0. The fourth-order valence-electron chi connectivity index (χ4n) is 3.27. The third kappa shape index (κ3) is 9.26. The lowest BCUT2D eigenvalue weighted by atomic mass is 10.1. The van der Waals surface area contributed by atoms with Crippen molar-refractivity contribution in [2.75, 3.05) is 33.3 Å². The first-order valence-corrected chi connectivity index (χ1v) is 10.8. The molecule has 0 aliphatic carbocycles. The first-order chi connectivity index (χ1) is 14.8. The second-order valence-electron chi connectivity index (χ2n) is 8.55. The minimum absolute atomic E-state index is 0.231. The van der Waals surface area contributed by atoms with E-state index in [-0.39, 0.29) is 12.2 Å². The van der Waals surface area contributed by atoms with Crippen molar-refractivity contribution in [3.05, 3.63) is 35.4 Å². The van der Waals surface area contributed by atoms with Crippen LogP contribution in [0, 0.1) is 11.3 Å². The molecule has 0 spiro atoms. The molecule has 1 saturated heterocycles. The molecule has 170 valence electrons. The van der Waals surface area contributed by atoms with Crippen LogP contribution in [0.25, 0.3) is 0 Å². The summed E-state index contributed by atoms with van der Waals surface area (Å²) in [6, 6.07) is 9.69. The molecular weight excluding hydrogens is 394 g/mol. The van der Waals surface area contributed by atoms with Gasteiger partial charge in [0.25, 0.3) is 0 Å². The van der Waals surface area contributed by atoms with Gasteiger partial charge in [-0.2, -0.15) is 5.26 Å². The maximum atomic E-state index is 11.6. The van der Waals surface area contributed by atoms with E-state index in [2.05, 4.69) is 26.6 Å². The van der Waals surface area contributed by atoms with Gasteiger partial charge >= 0.3 is 6.09 Å². The lowest BCUT2D eigenvalue weighted by Crippen LogP contribution is -2.46. The highest BCUT2D eigenvalue weighted by Gasteiger charge is 2.22. The molecule has 0 saturated carbocycles. The van der Waals surface area contributed by atoms with Gasteiger partial charge in [0.2, 0.25) is 0 Å². The Kier molecular flexibility index (Phi) is 9.60. The van der Waals surface area contributed by atoms with Crippen LogP contribution in [0.2, 0.25) is 0 Å². The van der Waals surface area contributed by atoms with Crippen molar-refractivity contribution in [3.63, 3.8) is 0 Å². The van der Waals surface area contributed by atoms with E-state index in [1.165, 1.54) is 0 Å². The fraction of sp³-hybridized carbons (Fsp3) is 0.609. The Morgan fingerprint density at radius 1 is 1.23 bits per heavy atom. The number of guanidine groups is 1. The van der Waals surface area contributed by atoms with Gasteiger partial charge in [0.15, 0.2) is 5.96 Å². The highest BCUT2D eigenvalue weighted by molar-refractivity contribution is 5.80. The zero-order valence-corrected chi connectivity index (χ0v) is 19.1.